The molecule has 1 atom stereocenters. The summed E-state index contributed by atoms with van der Waals surface area (Å²) in [4.78, 5) is 26.8. The molecule has 1 unspecified atom stereocenters. The normalized spacial score (nSPS) is 21.0. The fraction of sp³-hybridized carbons (Fsp3) is 0.818. The minimum Gasteiger partial charge on any atom is -0.358 e. The quantitative estimate of drug-likeness (QED) is 0.629. The van der Waals surface area contributed by atoms with Crippen LogP contribution in [-0.4, -0.2) is 75.0 Å². The first kappa shape index (κ1) is 13.9. The summed E-state index contributed by atoms with van der Waals surface area (Å²) in [7, 11) is 5.13. The van der Waals surface area contributed by atoms with Crippen molar-refractivity contribution in [1.29, 1.82) is 0 Å². The van der Waals surface area contributed by atoms with Gasteiger partial charge in [-0.1, -0.05) is 0 Å². The second-order valence-corrected chi connectivity index (χ2v) is 4.41. The van der Waals surface area contributed by atoms with Crippen molar-refractivity contribution in [3.8, 4) is 0 Å². The summed E-state index contributed by atoms with van der Waals surface area (Å²) in [5.74, 6) is 0.105. The molecule has 0 aromatic carbocycles. The number of hydrogen-bond donors (Lipinski definition) is 2. The predicted octanol–water partition coefficient (Wildman–Crippen LogP) is -1.52. The van der Waals surface area contributed by atoms with Gasteiger partial charge in [-0.15, -0.1) is 0 Å². The van der Waals surface area contributed by atoms with Crippen molar-refractivity contribution < 1.29 is 9.59 Å². The number of hydrogen-bond acceptors (Lipinski definition) is 4. The fourth-order valence-electron chi connectivity index (χ4n) is 1.90. The number of nitrogens with zero attached hydrogens (tertiary/aromatic N) is 2. The lowest BCUT2D eigenvalue weighted by Gasteiger charge is -2.34. The molecule has 1 heterocycles. The van der Waals surface area contributed by atoms with Crippen LogP contribution in [0.3, 0.4) is 0 Å². The third-order valence-corrected chi connectivity index (χ3v) is 3.01. The Morgan fingerprint density at radius 3 is 2.76 bits per heavy atom. The smallest absolute Gasteiger partial charge is 0.238 e. The number of rotatable bonds is 4. The maximum atomic E-state index is 11.7. The number of likely N-dealkylation sites (N-methyl/N-ethyl adjacent to an activating group) is 1. The van der Waals surface area contributed by atoms with Crippen LogP contribution in [0.5, 0.6) is 0 Å². The highest BCUT2D eigenvalue weighted by molar-refractivity contribution is 5.82. The average molecular weight is 242 g/mol. The van der Waals surface area contributed by atoms with Gasteiger partial charge in [-0.2, -0.15) is 0 Å². The molecule has 0 saturated carbocycles. The van der Waals surface area contributed by atoms with Crippen molar-refractivity contribution in [2.24, 2.45) is 0 Å². The zero-order valence-electron chi connectivity index (χ0n) is 10.8. The SMILES string of the molecule is CNC(=O)C1CNCCN1CCC(=O)N(C)C. The van der Waals surface area contributed by atoms with Gasteiger partial charge in [-0.05, 0) is 0 Å². The van der Waals surface area contributed by atoms with Gasteiger partial charge < -0.3 is 15.5 Å². The van der Waals surface area contributed by atoms with Crippen molar-refractivity contribution in [1.82, 2.24) is 20.4 Å². The first-order chi connectivity index (χ1) is 8.06. The number of piperazine rings is 1. The standard InChI is InChI=1S/C11H22N4O2/c1-12-11(17)9-8-13-5-7-15(9)6-4-10(16)14(2)3/h9,13H,4-8H2,1-3H3,(H,12,17). The van der Waals surface area contributed by atoms with Crippen LogP contribution in [0.2, 0.25) is 0 Å². The third kappa shape index (κ3) is 3.98. The molecule has 6 heteroatoms. The minimum absolute atomic E-state index is 0.00880. The number of carbonyl (C=O) groups is 2. The highest BCUT2D eigenvalue weighted by Crippen LogP contribution is 2.05. The van der Waals surface area contributed by atoms with Crippen molar-refractivity contribution >= 4 is 11.8 Å². The lowest BCUT2D eigenvalue weighted by Crippen LogP contribution is -2.57. The van der Waals surface area contributed by atoms with Gasteiger partial charge in [0.05, 0.1) is 0 Å². The zero-order chi connectivity index (χ0) is 12.8. The highest BCUT2D eigenvalue weighted by Gasteiger charge is 2.27. The number of nitrogens with one attached hydrogen (secondary N) is 2. The molecule has 1 saturated heterocycles. The third-order valence-electron chi connectivity index (χ3n) is 3.01. The van der Waals surface area contributed by atoms with Gasteiger partial charge in [0, 0.05) is 53.7 Å². The van der Waals surface area contributed by atoms with Crippen molar-refractivity contribution in [3.05, 3.63) is 0 Å². The molecule has 1 aliphatic heterocycles. The molecule has 1 fully saturated rings. The summed E-state index contributed by atoms with van der Waals surface area (Å²) in [6.45, 7) is 2.95. The van der Waals surface area contributed by atoms with E-state index in [4.69, 9.17) is 0 Å². The molecular formula is C11H22N4O2. The van der Waals surface area contributed by atoms with Crippen LogP contribution in [0.1, 0.15) is 6.42 Å². The van der Waals surface area contributed by atoms with Crippen LogP contribution < -0.4 is 10.6 Å². The van der Waals surface area contributed by atoms with Gasteiger partial charge in [0.15, 0.2) is 0 Å². The van der Waals surface area contributed by atoms with Gasteiger partial charge in [0.2, 0.25) is 11.8 Å². The molecule has 0 bridgehead atoms. The Bertz CT molecular complexity index is 281. The van der Waals surface area contributed by atoms with Gasteiger partial charge in [0.25, 0.3) is 0 Å². The summed E-state index contributed by atoms with van der Waals surface area (Å²) in [6, 6.07) is -0.163. The Morgan fingerprint density at radius 1 is 1.47 bits per heavy atom. The molecule has 2 N–H and O–H groups in total. The van der Waals surface area contributed by atoms with Gasteiger partial charge >= 0.3 is 0 Å². The van der Waals surface area contributed by atoms with E-state index in [0.29, 0.717) is 19.5 Å². The summed E-state index contributed by atoms with van der Waals surface area (Å²) in [5.41, 5.74) is 0. The molecule has 0 spiro atoms. The molecule has 6 nitrogen and oxygen atoms in total. The number of carbonyl (C=O) groups excluding carboxylic acids is 2. The van der Waals surface area contributed by atoms with Crippen LogP contribution in [0.15, 0.2) is 0 Å². The van der Waals surface area contributed by atoms with E-state index in [9.17, 15) is 9.59 Å². The largest absolute Gasteiger partial charge is 0.358 e. The monoisotopic (exact) mass is 242 g/mol. The van der Waals surface area contributed by atoms with E-state index in [1.165, 1.54) is 0 Å². The van der Waals surface area contributed by atoms with E-state index in [0.717, 1.165) is 13.1 Å². The molecule has 0 radical (unpaired) electrons. The Kier molecular flexibility index (Phi) is 5.37. The molecule has 2 amide bonds. The summed E-state index contributed by atoms with van der Waals surface area (Å²) in [5, 5.41) is 5.85. The van der Waals surface area contributed by atoms with Crippen molar-refractivity contribution in [2.75, 3.05) is 47.3 Å². The summed E-state index contributed by atoms with van der Waals surface area (Å²) >= 11 is 0. The van der Waals surface area contributed by atoms with Gasteiger partial charge in [0.1, 0.15) is 6.04 Å². The first-order valence-electron chi connectivity index (χ1n) is 5.92. The molecule has 1 rings (SSSR count). The van der Waals surface area contributed by atoms with Gasteiger partial charge in [-0.25, -0.2) is 0 Å². The van der Waals surface area contributed by atoms with E-state index in [-0.39, 0.29) is 17.9 Å². The lowest BCUT2D eigenvalue weighted by atomic mass is 10.1. The molecule has 17 heavy (non-hydrogen) atoms. The maximum absolute atomic E-state index is 11.7. The van der Waals surface area contributed by atoms with E-state index in [2.05, 4.69) is 15.5 Å². The van der Waals surface area contributed by atoms with E-state index < -0.39 is 0 Å². The van der Waals surface area contributed by atoms with Crippen molar-refractivity contribution in [2.45, 2.75) is 12.5 Å². The van der Waals surface area contributed by atoms with E-state index in [1.807, 2.05) is 0 Å². The fourth-order valence-corrected chi connectivity index (χ4v) is 1.90. The second-order valence-electron chi connectivity index (χ2n) is 4.41. The van der Waals surface area contributed by atoms with Crippen LogP contribution in [0.4, 0.5) is 0 Å². The molecule has 98 valence electrons. The maximum Gasteiger partial charge on any atom is 0.238 e. The molecule has 0 aliphatic carbocycles. The summed E-state index contributed by atoms with van der Waals surface area (Å²) in [6.07, 6.45) is 0.459. The second kappa shape index (κ2) is 6.56. The highest BCUT2D eigenvalue weighted by atomic mass is 16.2. The Balaban J connectivity index is 2.48. The Hall–Kier alpha value is -1.14. The van der Waals surface area contributed by atoms with E-state index in [1.54, 1.807) is 26.0 Å². The number of amides is 2. The predicted molar refractivity (Wildman–Crippen MR) is 65.6 cm³/mol. The van der Waals surface area contributed by atoms with E-state index >= 15 is 0 Å². The average Bonchev–Trinajstić information content (AvgIpc) is 2.35. The summed E-state index contributed by atoms with van der Waals surface area (Å²) < 4.78 is 0. The molecule has 1 aliphatic rings. The van der Waals surface area contributed by atoms with Crippen LogP contribution in [0.25, 0.3) is 0 Å². The van der Waals surface area contributed by atoms with Gasteiger partial charge in [-0.3, -0.25) is 14.5 Å². The zero-order valence-corrected chi connectivity index (χ0v) is 10.8. The van der Waals surface area contributed by atoms with Crippen LogP contribution in [-0.2, 0) is 9.59 Å². The Labute approximate surface area is 102 Å². The molecule has 0 aromatic rings. The molecular weight excluding hydrogens is 220 g/mol. The Morgan fingerprint density at radius 2 is 2.18 bits per heavy atom. The van der Waals surface area contributed by atoms with Crippen molar-refractivity contribution in [3.63, 3.8) is 0 Å². The molecule has 0 aromatic heterocycles. The van der Waals surface area contributed by atoms with Crippen LogP contribution >= 0.6 is 0 Å². The first-order valence-corrected chi connectivity index (χ1v) is 5.92. The van der Waals surface area contributed by atoms with Crippen LogP contribution in [0, 0.1) is 0 Å². The minimum atomic E-state index is -0.163. The lowest BCUT2D eigenvalue weighted by molar-refractivity contribution is -0.131. The topological polar surface area (TPSA) is 64.7 Å².